The Morgan fingerprint density at radius 1 is 0.110 bits per heavy atom. The zero-order valence-electron chi connectivity index (χ0n) is 78.8. The van der Waals surface area contributed by atoms with E-state index in [4.69, 9.17) is 0 Å². The fourth-order valence-corrected chi connectivity index (χ4v) is 29.3. The van der Waals surface area contributed by atoms with Crippen molar-refractivity contribution in [2.24, 2.45) is 0 Å². The van der Waals surface area contributed by atoms with Gasteiger partial charge in [-0.25, -0.2) is 0 Å². The Kier molecular flexibility index (Phi) is 28.2. The van der Waals surface area contributed by atoms with Gasteiger partial charge in [0.1, 0.15) is 0 Å². The van der Waals surface area contributed by atoms with Crippen molar-refractivity contribution in [3.8, 4) is 55.6 Å². The fourth-order valence-electron chi connectivity index (χ4n) is 19.7. The van der Waals surface area contributed by atoms with E-state index in [0.717, 1.165) is 0 Å². The van der Waals surface area contributed by atoms with E-state index in [1.807, 2.05) is 0 Å². The van der Waals surface area contributed by atoms with Gasteiger partial charge >= 0.3 is 0 Å². The molecule has 656 valence electrons. The topological polar surface area (TPSA) is 0 Å². The molecule has 0 radical (unpaired) electrons. The van der Waals surface area contributed by atoms with Crippen LogP contribution in [0.4, 0.5) is 0 Å². The molecule has 0 aromatic heterocycles. The normalized spacial score (nSPS) is 11.1. The van der Waals surface area contributed by atoms with Gasteiger partial charge in [-0.15, -0.1) is 0 Å². The minimum Gasteiger partial charge on any atom is -0.0623 e. The molecule has 0 aliphatic heterocycles. The molecule has 136 heavy (non-hydrogen) atoms. The molecule has 0 heterocycles. The molecular weight excluding hydrogens is 1670 g/mol. The van der Waals surface area contributed by atoms with E-state index in [-0.39, 0.29) is 0 Å². The second-order valence-electron chi connectivity index (χ2n) is 35.9. The van der Waals surface area contributed by atoms with Crippen molar-refractivity contribution in [1.82, 2.24) is 0 Å². The lowest BCUT2D eigenvalue weighted by atomic mass is 9.88. The highest BCUT2D eigenvalue weighted by molar-refractivity contribution is 7.20. The number of aryl methyl sites for hydroxylation is 8. The third kappa shape index (κ3) is 20.0. The second-order valence-corrected chi connectivity index (χ2v) is 43.5. The molecule has 0 fully saturated rings. The van der Waals surface area contributed by atoms with Crippen molar-refractivity contribution in [2.45, 2.75) is 55.4 Å². The van der Waals surface area contributed by atoms with E-state index in [0.29, 0.717) is 0 Å². The summed E-state index contributed by atoms with van der Waals surface area (Å²) in [7, 11) is -4.65. The van der Waals surface area contributed by atoms with Crippen LogP contribution in [-0.4, -0.2) is 16.1 Å². The lowest BCUT2D eigenvalue weighted by molar-refractivity contribution is 1.44. The number of hydrogen-bond acceptors (Lipinski definition) is 0. The van der Waals surface area contributed by atoms with Gasteiger partial charge in [-0.05, 0) is 247 Å². The Bertz CT molecular complexity index is 7600. The third-order valence-corrected chi connectivity index (χ3v) is 35.9. The van der Waals surface area contributed by atoms with Gasteiger partial charge in [0, 0.05) is 0 Å². The maximum Gasteiger partial charge on any atom is 0.179 e. The summed E-state index contributed by atoms with van der Waals surface area (Å²) in [6.07, 6.45) is 0. The summed E-state index contributed by atoms with van der Waals surface area (Å²) in [5.74, 6) is 0. The molecular formula is C134H112Si2. The average Bonchev–Trinajstić information content (AvgIpc) is 0.736. The highest BCUT2D eigenvalue weighted by atomic mass is 28.3. The first kappa shape index (κ1) is 90.6. The number of fused-ring (bicyclic) bond motifs is 9. The number of hydrogen-bond donors (Lipinski definition) is 0. The van der Waals surface area contributed by atoms with E-state index < -0.39 is 16.1 Å². The molecule has 0 unspecified atom stereocenters. The highest BCUT2D eigenvalue weighted by Gasteiger charge is 2.43. The van der Waals surface area contributed by atoms with Crippen molar-refractivity contribution >= 4 is 122 Å². The van der Waals surface area contributed by atoms with Gasteiger partial charge in [0.05, 0.1) is 0 Å². The standard InChI is InChI=1S/C35H24.2C25H22Si.C21H16.2C14H14/c1-23-18-26(34-21-24-10-2-4-12-28(24)30-14-6-8-16-32(30)34)20-27(19-23)35-22-25-11-3-5-13-29(25)31-15-7-9-17-33(31)35;1-21-12-11-19-25(20-21)26(22-13-5-2-6-14-22,23-15-7-3-8-16-23)24-17-9-4-10-18-24;1-21-17-19-25(20-18-21)26(22-11-5-2-6-12-22,23-13-7-3-8-14-23)24-15-9-4-10-16-24;1-15-7-6-9-16(13-15)21-14-17-8-2-3-10-18(17)19-11-4-5-12-20(19)21;1-11-3-7-13(8-4-11)14-9-5-12(2)6-10-14;1-11-6-8-13(9-7-11)14-5-3-4-12(2)10-14/h2-22H,1H3;2*2-20H,1H3;2-14H,1H3;2*3-10H,1-2H3. The molecule has 2 heteroatoms. The van der Waals surface area contributed by atoms with Crippen LogP contribution >= 0.6 is 0 Å². The molecule has 0 spiro atoms. The summed E-state index contributed by atoms with van der Waals surface area (Å²) >= 11 is 0. The van der Waals surface area contributed by atoms with Crippen LogP contribution in [0.2, 0.25) is 0 Å². The van der Waals surface area contributed by atoms with E-state index in [2.05, 4.69) is 589 Å². The quantitative estimate of drug-likeness (QED) is 0.0613. The van der Waals surface area contributed by atoms with Gasteiger partial charge in [0.25, 0.3) is 0 Å². The molecule has 0 saturated heterocycles. The largest absolute Gasteiger partial charge is 0.179 e. The van der Waals surface area contributed by atoms with E-state index in [1.165, 1.54) is 206 Å². The Morgan fingerprint density at radius 3 is 0.647 bits per heavy atom. The van der Waals surface area contributed by atoms with Crippen LogP contribution in [0.1, 0.15) is 44.5 Å². The molecule has 0 nitrogen and oxygen atoms in total. The summed E-state index contributed by atoms with van der Waals surface area (Å²) in [5, 5.41) is 27.0. The molecule has 0 aliphatic carbocycles. The smallest absolute Gasteiger partial charge is 0.0623 e. The van der Waals surface area contributed by atoms with Crippen molar-refractivity contribution in [3.05, 3.63) is 578 Å². The van der Waals surface area contributed by atoms with Crippen molar-refractivity contribution < 1.29 is 0 Å². The van der Waals surface area contributed by atoms with Crippen molar-refractivity contribution in [1.29, 1.82) is 0 Å². The first-order chi connectivity index (χ1) is 66.7. The van der Waals surface area contributed by atoms with Crippen LogP contribution in [0.3, 0.4) is 0 Å². The van der Waals surface area contributed by atoms with Gasteiger partial charge < -0.3 is 0 Å². The summed E-state index contributed by atoms with van der Waals surface area (Å²) in [4.78, 5) is 0. The van der Waals surface area contributed by atoms with Gasteiger partial charge in [-0.1, -0.05) is 549 Å². The molecule has 23 rings (SSSR count). The van der Waals surface area contributed by atoms with Crippen LogP contribution in [-0.2, 0) is 0 Å². The molecule has 0 bridgehead atoms. The van der Waals surface area contributed by atoms with Crippen LogP contribution in [0.15, 0.2) is 534 Å². The summed E-state index contributed by atoms with van der Waals surface area (Å²) in [6, 6.07) is 194. The van der Waals surface area contributed by atoms with Crippen LogP contribution in [0.5, 0.6) is 0 Å². The SMILES string of the molecule is Cc1cc(-c2cc3ccccc3c3ccccc23)cc(-c2cc3ccccc3c3ccccc23)c1.Cc1ccc(-c2ccc(C)cc2)cc1.Cc1ccc(-c2cccc(C)c2)cc1.Cc1ccc([Si](c2ccccc2)(c2ccccc2)c2ccccc2)cc1.Cc1cccc(-c2cc3ccccc3c3ccccc23)c1.Cc1cccc([Si](c2ccccc2)(c2ccccc2)c2ccccc2)c1. The summed E-state index contributed by atoms with van der Waals surface area (Å²) in [6.45, 7) is 17.1. The van der Waals surface area contributed by atoms with Gasteiger partial charge in [-0.2, -0.15) is 0 Å². The van der Waals surface area contributed by atoms with Crippen LogP contribution in [0, 0.1) is 55.4 Å². The summed E-state index contributed by atoms with van der Waals surface area (Å²) in [5.41, 5.74) is 23.3. The van der Waals surface area contributed by atoms with E-state index in [1.54, 1.807) is 0 Å². The number of rotatable bonds is 13. The summed E-state index contributed by atoms with van der Waals surface area (Å²) < 4.78 is 0. The first-order valence-electron chi connectivity index (χ1n) is 47.4. The molecule has 23 aromatic rings. The molecule has 0 saturated carbocycles. The Morgan fingerprint density at radius 2 is 0.331 bits per heavy atom. The maximum absolute atomic E-state index is 2.38. The molecule has 0 aliphatic rings. The van der Waals surface area contributed by atoms with E-state index in [9.17, 15) is 0 Å². The zero-order chi connectivity index (χ0) is 93.2. The molecule has 0 N–H and O–H groups in total. The molecule has 0 atom stereocenters. The Hall–Kier alpha value is -15.9. The van der Waals surface area contributed by atoms with Gasteiger partial charge in [0.2, 0.25) is 0 Å². The number of benzene rings is 23. The predicted octanol–water partition coefficient (Wildman–Crippen LogP) is 30.6. The lowest BCUT2D eigenvalue weighted by Gasteiger charge is -2.34. The molecule has 0 amide bonds. The lowest BCUT2D eigenvalue weighted by Crippen LogP contribution is -2.74. The van der Waals surface area contributed by atoms with Gasteiger partial charge in [-0.3, -0.25) is 0 Å². The third-order valence-electron chi connectivity index (χ3n) is 26.3. The minimum atomic E-state index is -2.33. The van der Waals surface area contributed by atoms with Crippen molar-refractivity contribution in [2.75, 3.05) is 0 Å². The van der Waals surface area contributed by atoms with Crippen LogP contribution < -0.4 is 41.5 Å². The Balaban J connectivity index is 0.000000112. The second kappa shape index (κ2) is 42.3. The maximum atomic E-state index is 2.38. The fraction of sp³-hybridized carbons (Fsp3) is 0.0597. The molecule has 23 aromatic carbocycles. The van der Waals surface area contributed by atoms with Crippen molar-refractivity contribution in [3.63, 3.8) is 0 Å². The Labute approximate surface area is 805 Å². The van der Waals surface area contributed by atoms with Crippen LogP contribution in [0.25, 0.3) is 120 Å². The minimum absolute atomic E-state index is 1.26. The monoisotopic (exact) mass is 1780 g/mol. The zero-order valence-corrected chi connectivity index (χ0v) is 80.8. The van der Waals surface area contributed by atoms with E-state index >= 15 is 0 Å². The average molecular weight is 1780 g/mol. The highest BCUT2D eigenvalue weighted by Crippen LogP contribution is 2.41. The first-order valence-corrected chi connectivity index (χ1v) is 51.4. The van der Waals surface area contributed by atoms with Gasteiger partial charge in [0.15, 0.2) is 16.1 Å². The predicted molar refractivity (Wildman–Crippen MR) is 596 cm³/mol.